The van der Waals surface area contributed by atoms with Crippen LogP contribution in [-0.2, 0) is 37.9 Å². The van der Waals surface area contributed by atoms with Crippen LogP contribution in [0.15, 0.2) is 11.6 Å². The summed E-state index contributed by atoms with van der Waals surface area (Å²) >= 11 is 0. The van der Waals surface area contributed by atoms with Crippen molar-refractivity contribution < 1.29 is 109 Å². The van der Waals surface area contributed by atoms with Crippen molar-refractivity contribution in [2.75, 3.05) is 26.4 Å². The first kappa shape index (κ1) is 62.9. The summed E-state index contributed by atoms with van der Waals surface area (Å²) < 4.78 is 49.2. The van der Waals surface area contributed by atoms with Gasteiger partial charge in [-0.25, -0.2) is 0 Å². The topological polar surface area (TPSA) is 357 Å². The molecule has 7 fully saturated rings. The molecule has 14 N–H and O–H groups in total. The van der Waals surface area contributed by atoms with Gasteiger partial charge in [-0.2, -0.15) is 0 Å². The van der Waals surface area contributed by atoms with E-state index < -0.39 is 171 Å². The molecule has 452 valence electrons. The zero-order chi connectivity index (χ0) is 57.4. The molecular formula is C56H96O22. The third-order valence-corrected chi connectivity index (χ3v) is 21.2. The number of allylic oxidation sites excluding steroid dienone is 1. The summed E-state index contributed by atoms with van der Waals surface area (Å²) in [5.74, 6) is -1.23. The molecule has 8 aliphatic rings. The minimum atomic E-state index is -1.71. The van der Waals surface area contributed by atoms with Crippen LogP contribution < -0.4 is 0 Å². The SMILES string of the molecule is CC[C@@]12CC[C@H]([C@H](C)CC[C@@H](O[C@@H]3O[C@H](CO[C@@H]4O[C@H](CO)[C@@H](O)[C@H](O)[C@H]4O)[C@@H](O)C[C@H]3OC3C[C@@H](O)[C@H](O)[C@@H](CO)O3)C(C)(C)O)[C@@]1(C)C[C@@H](O)[C@@]1(C)[C@@H]3CC[C@H](O[C@]4(C)O[C@H](CO)[C@@H](O)[C@H](O)[C@H]4O)C(C)(C)C3=CC[C@H]12. The van der Waals surface area contributed by atoms with Crippen LogP contribution in [0.25, 0.3) is 0 Å². The predicted octanol–water partition coefficient (Wildman–Crippen LogP) is -0.393. The van der Waals surface area contributed by atoms with E-state index in [9.17, 15) is 71.5 Å². The summed E-state index contributed by atoms with van der Waals surface area (Å²) in [6.07, 6.45) is -16.9. The minimum Gasteiger partial charge on any atom is -0.394 e. The molecule has 0 aromatic heterocycles. The molecule has 4 aliphatic heterocycles. The number of rotatable bonds is 18. The van der Waals surface area contributed by atoms with Crippen LogP contribution in [0.4, 0.5) is 0 Å². The second kappa shape index (κ2) is 23.7. The maximum Gasteiger partial charge on any atom is 0.195 e. The summed E-state index contributed by atoms with van der Waals surface area (Å²) in [5.41, 5.74) is -1.70. The van der Waals surface area contributed by atoms with Crippen molar-refractivity contribution in [2.24, 2.45) is 45.3 Å². The molecule has 1 unspecified atom stereocenters. The highest BCUT2D eigenvalue weighted by molar-refractivity contribution is 5.32. The summed E-state index contributed by atoms with van der Waals surface area (Å²) in [4.78, 5) is 0. The molecule has 0 spiro atoms. The lowest BCUT2D eigenvalue weighted by molar-refractivity contribution is -0.374. The lowest BCUT2D eigenvalue weighted by atomic mass is 9.37. The van der Waals surface area contributed by atoms with Crippen molar-refractivity contribution in [3.8, 4) is 0 Å². The predicted molar refractivity (Wildman–Crippen MR) is 274 cm³/mol. The van der Waals surface area contributed by atoms with Crippen molar-refractivity contribution in [2.45, 2.75) is 267 Å². The summed E-state index contributed by atoms with van der Waals surface area (Å²) in [5, 5.41) is 150. The van der Waals surface area contributed by atoms with Crippen molar-refractivity contribution in [1.29, 1.82) is 0 Å². The molecule has 4 saturated heterocycles. The quantitative estimate of drug-likeness (QED) is 0.0777. The van der Waals surface area contributed by atoms with E-state index >= 15 is 0 Å². The molecule has 22 heteroatoms. The van der Waals surface area contributed by atoms with Crippen LogP contribution in [0.5, 0.6) is 0 Å². The average molecular weight is 1120 g/mol. The zero-order valence-corrected chi connectivity index (χ0v) is 47.1. The first-order valence-electron chi connectivity index (χ1n) is 28.8. The zero-order valence-electron chi connectivity index (χ0n) is 47.1. The molecule has 4 aliphatic carbocycles. The van der Waals surface area contributed by atoms with E-state index in [1.54, 1.807) is 13.8 Å². The number of aliphatic hydroxyl groups is 14. The van der Waals surface area contributed by atoms with Crippen LogP contribution in [0, 0.1) is 45.3 Å². The van der Waals surface area contributed by atoms with Crippen LogP contribution in [0.3, 0.4) is 0 Å². The van der Waals surface area contributed by atoms with Gasteiger partial charge in [0, 0.05) is 23.7 Å². The average Bonchev–Trinajstić information content (AvgIpc) is 3.81. The fourth-order valence-corrected chi connectivity index (χ4v) is 16.5. The van der Waals surface area contributed by atoms with E-state index in [0.717, 1.165) is 25.7 Å². The molecule has 28 atom stereocenters. The first-order valence-corrected chi connectivity index (χ1v) is 28.8. The van der Waals surface area contributed by atoms with Gasteiger partial charge >= 0.3 is 0 Å². The minimum absolute atomic E-state index is 0.0325. The highest BCUT2D eigenvalue weighted by atomic mass is 16.8. The highest BCUT2D eigenvalue weighted by Crippen LogP contribution is 2.76. The Morgan fingerprint density at radius 2 is 1.36 bits per heavy atom. The van der Waals surface area contributed by atoms with Gasteiger partial charge in [0.25, 0.3) is 0 Å². The Morgan fingerprint density at radius 3 is 2.00 bits per heavy atom. The molecule has 0 radical (unpaired) electrons. The number of hydrogen-bond acceptors (Lipinski definition) is 22. The molecule has 3 saturated carbocycles. The fraction of sp³-hybridized carbons (Fsp3) is 0.964. The monoisotopic (exact) mass is 1120 g/mol. The Hall–Kier alpha value is -1.14. The molecular weight excluding hydrogens is 1020 g/mol. The molecule has 0 aromatic carbocycles. The summed E-state index contributed by atoms with van der Waals surface area (Å²) in [6.45, 7) is 15.9. The number of ether oxygens (including phenoxy) is 8. The van der Waals surface area contributed by atoms with E-state index in [4.69, 9.17) is 37.9 Å². The van der Waals surface area contributed by atoms with Crippen LogP contribution in [-0.4, -0.2) is 232 Å². The van der Waals surface area contributed by atoms with Crippen molar-refractivity contribution in [3.63, 3.8) is 0 Å². The second-order valence-electron chi connectivity index (χ2n) is 26.3. The Balaban J connectivity index is 0.985. The van der Waals surface area contributed by atoms with Gasteiger partial charge in [0.2, 0.25) is 0 Å². The molecule has 0 bridgehead atoms. The van der Waals surface area contributed by atoms with E-state index in [-0.39, 0.29) is 47.3 Å². The number of hydrogen-bond donors (Lipinski definition) is 14. The molecule has 0 aromatic rings. The van der Waals surface area contributed by atoms with Gasteiger partial charge in [-0.3, -0.25) is 0 Å². The molecule has 22 nitrogen and oxygen atoms in total. The van der Waals surface area contributed by atoms with Crippen molar-refractivity contribution >= 4 is 0 Å². The van der Waals surface area contributed by atoms with Crippen molar-refractivity contribution in [3.05, 3.63) is 11.6 Å². The van der Waals surface area contributed by atoms with Gasteiger partial charge in [-0.1, -0.05) is 53.2 Å². The smallest absolute Gasteiger partial charge is 0.195 e. The summed E-state index contributed by atoms with van der Waals surface area (Å²) in [6, 6.07) is 0. The standard InChI is InChI=1S/C56H96O22/c1-10-56-18-17-27(53(56,7)21-38(62)54(8)29-13-16-39(51(3,4)28(29)12-14-37(54)56)78-55(9)48(69)46(67)44(65)35(24-59)77-55)26(2)11-15-40(52(5,6)70)76-49-32(72-41-20-31(61)42(63)33(22-57)73-41)19-30(60)36(75-49)25-71-50-47(68)45(66)43(64)34(23-58)74-50/h12,26-27,29-50,57-70H,10-11,13-25H2,1-9H3/t26-,27-,29-,30+,31-,32-,33-,34-,35-,36-,37-,38-,39+,40-,41?,42+,43-,44-,45+,46+,47-,48-,49+,50-,53-,54+,55+,56+/m1/s1. The van der Waals surface area contributed by atoms with Gasteiger partial charge in [0.05, 0.1) is 62.5 Å². The van der Waals surface area contributed by atoms with Crippen LogP contribution in [0.2, 0.25) is 0 Å². The third kappa shape index (κ3) is 11.1. The lowest BCUT2D eigenvalue weighted by Gasteiger charge is -2.68. The fourth-order valence-electron chi connectivity index (χ4n) is 16.5. The summed E-state index contributed by atoms with van der Waals surface area (Å²) in [7, 11) is 0. The maximum absolute atomic E-state index is 12.8. The van der Waals surface area contributed by atoms with Crippen molar-refractivity contribution in [1.82, 2.24) is 0 Å². The highest BCUT2D eigenvalue weighted by Gasteiger charge is 2.71. The molecule has 78 heavy (non-hydrogen) atoms. The van der Waals surface area contributed by atoms with Crippen LogP contribution >= 0.6 is 0 Å². The third-order valence-electron chi connectivity index (χ3n) is 21.2. The van der Waals surface area contributed by atoms with Gasteiger partial charge in [0.1, 0.15) is 73.2 Å². The maximum atomic E-state index is 12.8. The van der Waals surface area contributed by atoms with Gasteiger partial charge in [-0.05, 0) is 113 Å². The normalized spacial score (nSPS) is 50.5. The largest absolute Gasteiger partial charge is 0.394 e. The number of fused-ring (bicyclic) bond motifs is 5. The van der Waals surface area contributed by atoms with Gasteiger partial charge in [0.15, 0.2) is 24.7 Å². The van der Waals surface area contributed by atoms with E-state index in [2.05, 4.69) is 47.6 Å². The molecule has 8 rings (SSSR count). The Morgan fingerprint density at radius 1 is 0.718 bits per heavy atom. The van der Waals surface area contributed by atoms with Crippen LogP contribution in [0.1, 0.15) is 133 Å². The van der Waals surface area contributed by atoms with E-state index in [1.165, 1.54) is 12.5 Å². The second-order valence-corrected chi connectivity index (χ2v) is 26.3. The first-order chi connectivity index (χ1) is 36.5. The Bertz CT molecular complexity index is 2020. The Kier molecular flexibility index (Phi) is 19.1. The Labute approximate surface area is 458 Å². The molecule has 4 heterocycles. The van der Waals surface area contributed by atoms with Gasteiger partial charge < -0.3 is 109 Å². The lowest BCUT2D eigenvalue weighted by Crippen LogP contribution is -2.67. The van der Waals surface area contributed by atoms with Gasteiger partial charge in [-0.15, -0.1) is 0 Å². The number of aliphatic hydroxyl groups excluding tert-OH is 13. The van der Waals surface area contributed by atoms with E-state index in [0.29, 0.717) is 32.1 Å². The molecule has 0 amide bonds. The van der Waals surface area contributed by atoms with E-state index in [1.807, 2.05) is 0 Å².